The first kappa shape index (κ1) is 26.8. The molecule has 8 nitrogen and oxygen atoms in total. The molecule has 9 heteroatoms. The Morgan fingerprint density at radius 2 is 1.67 bits per heavy atom. The number of anilines is 1. The molecule has 0 bridgehead atoms. The zero-order valence-corrected chi connectivity index (χ0v) is 20.7. The van der Waals surface area contributed by atoms with Gasteiger partial charge in [0.05, 0.1) is 0 Å². The van der Waals surface area contributed by atoms with Gasteiger partial charge in [0.25, 0.3) is 0 Å². The molecule has 2 atom stereocenters. The highest BCUT2D eigenvalue weighted by molar-refractivity contribution is 6.02. The second-order valence-corrected chi connectivity index (χ2v) is 9.34. The van der Waals surface area contributed by atoms with E-state index in [4.69, 9.17) is 5.73 Å². The van der Waals surface area contributed by atoms with Crippen molar-refractivity contribution in [3.05, 3.63) is 65.0 Å². The van der Waals surface area contributed by atoms with Gasteiger partial charge in [-0.2, -0.15) is 0 Å². The summed E-state index contributed by atoms with van der Waals surface area (Å²) in [6.07, 6.45) is 3.75. The van der Waals surface area contributed by atoms with Gasteiger partial charge in [-0.25, -0.2) is 14.0 Å². The molecule has 0 saturated carbocycles. The number of carbonyl (C=O) groups is 4. The third kappa shape index (κ3) is 7.63. The molecular weight excluding hydrogens is 463 g/mol. The number of hydrogen-bond acceptors (Lipinski definition) is 4. The highest BCUT2D eigenvalue weighted by Gasteiger charge is 2.30. The van der Waals surface area contributed by atoms with E-state index in [1.54, 1.807) is 17.0 Å². The molecule has 0 spiro atoms. The van der Waals surface area contributed by atoms with Crippen molar-refractivity contribution in [2.45, 2.75) is 52.0 Å². The highest BCUT2D eigenvalue weighted by Crippen LogP contribution is 2.28. The molecule has 1 aliphatic rings. The smallest absolute Gasteiger partial charge is 0.319 e. The summed E-state index contributed by atoms with van der Waals surface area (Å²) in [7, 11) is 0. The average Bonchev–Trinajstić information content (AvgIpc) is 2.83. The van der Waals surface area contributed by atoms with E-state index in [9.17, 15) is 23.6 Å². The summed E-state index contributed by atoms with van der Waals surface area (Å²) in [6, 6.07) is 10.1. The molecule has 3 rings (SSSR count). The lowest BCUT2D eigenvalue weighted by molar-refractivity contribution is 0.101. The number of ketones is 2. The quantitative estimate of drug-likeness (QED) is 0.349. The Kier molecular flexibility index (Phi) is 9.16. The van der Waals surface area contributed by atoms with E-state index in [-0.39, 0.29) is 23.4 Å². The van der Waals surface area contributed by atoms with Gasteiger partial charge in [0, 0.05) is 35.9 Å². The number of nitrogens with zero attached hydrogens (tertiary/aromatic N) is 1. The van der Waals surface area contributed by atoms with Crippen molar-refractivity contribution in [1.82, 2.24) is 10.2 Å². The first-order valence-corrected chi connectivity index (χ1v) is 12.1. The Labute approximate surface area is 210 Å². The van der Waals surface area contributed by atoms with Crippen LogP contribution in [0.4, 0.5) is 19.7 Å². The number of urea groups is 2. The van der Waals surface area contributed by atoms with Gasteiger partial charge in [-0.15, -0.1) is 0 Å². The SMILES string of the molecule is CC(=O)c1cc(NC(=O)NCCC[C@H]2C[C@H](Cc3ccc(F)cc3)CCN2C(N)=O)cc(C(C)=O)c1. The fourth-order valence-corrected chi connectivity index (χ4v) is 4.66. The fourth-order valence-electron chi connectivity index (χ4n) is 4.66. The van der Waals surface area contributed by atoms with Crippen molar-refractivity contribution in [2.24, 2.45) is 11.7 Å². The largest absolute Gasteiger partial charge is 0.351 e. The molecule has 0 radical (unpaired) electrons. The Balaban J connectivity index is 1.51. The van der Waals surface area contributed by atoms with Crippen molar-refractivity contribution >= 4 is 29.3 Å². The van der Waals surface area contributed by atoms with Crippen LogP contribution in [0.15, 0.2) is 42.5 Å². The Hall–Kier alpha value is -3.75. The molecule has 4 N–H and O–H groups in total. The number of piperidine rings is 1. The third-order valence-corrected chi connectivity index (χ3v) is 6.55. The standard InChI is InChI=1S/C27H33FN4O4/c1-17(33)21-14-22(18(2)34)16-24(15-21)31-27(36)30-10-3-4-25-13-20(9-11-32(25)26(29)35)12-19-5-7-23(28)8-6-19/h5-8,14-16,20,25H,3-4,9-13H2,1-2H3,(H2,29,35)(H2,30,31,36)/t20-,25-/m0/s1. The molecular formula is C27H33FN4O4. The van der Waals surface area contributed by atoms with Gasteiger partial charge < -0.3 is 21.3 Å². The first-order valence-electron chi connectivity index (χ1n) is 12.1. The number of Topliss-reactive ketones (excluding diaryl/α,β-unsaturated/α-hetero) is 2. The summed E-state index contributed by atoms with van der Waals surface area (Å²) in [5.74, 6) is -0.310. The summed E-state index contributed by atoms with van der Waals surface area (Å²) in [6.45, 7) is 3.75. The van der Waals surface area contributed by atoms with Crippen LogP contribution in [0.1, 0.15) is 65.8 Å². The number of nitrogens with two attached hydrogens (primary N) is 1. The number of likely N-dealkylation sites (tertiary alicyclic amines) is 1. The molecule has 2 aromatic rings. The number of nitrogens with one attached hydrogen (secondary N) is 2. The van der Waals surface area contributed by atoms with Crippen LogP contribution in [-0.2, 0) is 6.42 Å². The van der Waals surface area contributed by atoms with E-state index in [1.807, 2.05) is 0 Å². The van der Waals surface area contributed by atoms with Gasteiger partial charge in [0.15, 0.2) is 11.6 Å². The van der Waals surface area contributed by atoms with Crippen LogP contribution in [-0.4, -0.2) is 47.7 Å². The second kappa shape index (κ2) is 12.3. The summed E-state index contributed by atoms with van der Waals surface area (Å²) >= 11 is 0. The van der Waals surface area contributed by atoms with Gasteiger partial charge in [-0.1, -0.05) is 12.1 Å². The van der Waals surface area contributed by atoms with Crippen LogP contribution >= 0.6 is 0 Å². The lowest BCUT2D eigenvalue weighted by Crippen LogP contribution is -2.49. The molecule has 0 unspecified atom stereocenters. The normalized spacial score (nSPS) is 17.4. The van der Waals surface area contributed by atoms with E-state index in [0.717, 1.165) is 24.8 Å². The zero-order valence-electron chi connectivity index (χ0n) is 20.7. The molecule has 36 heavy (non-hydrogen) atoms. The number of amides is 4. The molecule has 1 fully saturated rings. The molecule has 0 aliphatic carbocycles. The van der Waals surface area contributed by atoms with E-state index in [0.29, 0.717) is 48.7 Å². The topological polar surface area (TPSA) is 122 Å². The monoisotopic (exact) mass is 496 g/mol. The lowest BCUT2D eigenvalue weighted by Gasteiger charge is -2.39. The van der Waals surface area contributed by atoms with Crippen LogP contribution in [0.2, 0.25) is 0 Å². The molecule has 192 valence electrons. The second-order valence-electron chi connectivity index (χ2n) is 9.34. The Morgan fingerprint density at radius 3 is 2.25 bits per heavy atom. The van der Waals surface area contributed by atoms with Crippen LogP contribution in [0, 0.1) is 11.7 Å². The van der Waals surface area contributed by atoms with Gasteiger partial charge in [-0.05, 0) is 87.8 Å². The number of primary amides is 1. The first-order chi connectivity index (χ1) is 17.1. The summed E-state index contributed by atoms with van der Waals surface area (Å²) in [5.41, 5.74) is 7.71. The summed E-state index contributed by atoms with van der Waals surface area (Å²) < 4.78 is 13.2. The Bertz CT molecular complexity index is 1090. The minimum atomic E-state index is -0.449. The number of hydrogen-bond donors (Lipinski definition) is 3. The molecule has 0 aromatic heterocycles. The average molecular weight is 497 g/mol. The van der Waals surface area contributed by atoms with Crippen molar-refractivity contribution in [1.29, 1.82) is 0 Å². The number of carbonyl (C=O) groups excluding carboxylic acids is 4. The van der Waals surface area contributed by atoms with Gasteiger partial charge in [0.2, 0.25) is 0 Å². The van der Waals surface area contributed by atoms with E-state index in [1.165, 1.54) is 44.2 Å². The zero-order chi connectivity index (χ0) is 26.2. The van der Waals surface area contributed by atoms with E-state index < -0.39 is 12.1 Å². The molecule has 1 saturated heterocycles. The maximum absolute atomic E-state index is 13.2. The molecule has 1 aliphatic heterocycles. The van der Waals surface area contributed by atoms with Crippen LogP contribution < -0.4 is 16.4 Å². The number of halogens is 1. The van der Waals surface area contributed by atoms with Gasteiger partial charge >= 0.3 is 12.1 Å². The van der Waals surface area contributed by atoms with Crippen LogP contribution in [0.25, 0.3) is 0 Å². The number of rotatable bonds is 9. The maximum atomic E-state index is 13.2. The van der Waals surface area contributed by atoms with Crippen LogP contribution in [0.3, 0.4) is 0 Å². The predicted octanol–water partition coefficient (Wildman–Crippen LogP) is 4.53. The van der Waals surface area contributed by atoms with E-state index in [2.05, 4.69) is 10.6 Å². The number of benzene rings is 2. The van der Waals surface area contributed by atoms with Gasteiger partial charge in [0.1, 0.15) is 5.82 Å². The minimum Gasteiger partial charge on any atom is -0.351 e. The Morgan fingerprint density at radius 1 is 1.03 bits per heavy atom. The maximum Gasteiger partial charge on any atom is 0.319 e. The lowest BCUT2D eigenvalue weighted by atomic mass is 9.84. The van der Waals surface area contributed by atoms with Crippen molar-refractivity contribution in [3.8, 4) is 0 Å². The summed E-state index contributed by atoms with van der Waals surface area (Å²) in [5, 5.41) is 5.45. The molecule has 1 heterocycles. The predicted molar refractivity (Wildman–Crippen MR) is 136 cm³/mol. The van der Waals surface area contributed by atoms with Gasteiger partial charge in [-0.3, -0.25) is 9.59 Å². The molecule has 2 aromatic carbocycles. The van der Waals surface area contributed by atoms with Crippen LogP contribution in [0.5, 0.6) is 0 Å². The van der Waals surface area contributed by atoms with Crippen molar-refractivity contribution in [3.63, 3.8) is 0 Å². The van der Waals surface area contributed by atoms with Crippen molar-refractivity contribution in [2.75, 3.05) is 18.4 Å². The van der Waals surface area contributed by atoms with Crippen molar-refractivity contribution < 1.29 is 23.6 Å². The molecule has 4 amide bonds. The summed E-state index contributed by atoms with van der Waals surface area (Å²) in [4.78, 5) is 49.5. The third-order valence-electron chi connectivity index (χ3n) is 6.55. The highest BCUT2D eigenvalue weighted by atomic mass is 19.1. The minimum absolute atomic E-state index is 0.0306. The fraction of sp³-hybridized carbons (Fsp3) is 0.407. The van der Waals surface area contributed by atoms with E-state index >= 15 is 0 Å².